The van der Waals surface area contributed by atoms with Crippen LogP contribution in [-0.2, 0) is 0 Å². The van der Waals surface area contributed by atoms with Gasteiger partial charge in [-0.25, -0.2) is 0 Å². The molecule has 0 aromatic heterocycles. The number of nitrogens with zero attached hydrogens (tertiary/aromatic N) is 4. The van der Waals surface area contributed by atoms with Crippen molar-refractivity contribution in [2.45, 2.75) is 38.8 Å². The standard InChI is InChI=1S/C25H44N6O/c1-20(2)22(31-16-14-29(4)15-17-31)18-27-25(26-3)28-19-23(30-12-8-9-13-30)21-10-6-7-11-24(21)32-5/h6-7,10-11,20,22-23H,8-9,12-19H2,1-5H3,(H2,26,27,28). The Balaban J connectivity index is 1.61. The van der Waals surface area contributed by atoms with Crippen LogP contribution in [0.4, 0.5) is 0 Å². The zero-order valence-electron chi connectivity index (χ0n) is 20.8. The quantitative estimate of drug-likeness (QED) is 0.450. The molecule has 1 aromatic rings. The predicted octanol–water partition coefficient (Wildman–Crippen LogP) is 2.27. The highest BCUT2D eigenvalue weighted by atomic mass is 16.5. The number of guanidine groups is 1. The molecule has 2 heterocycles. The van der Waals surface area contributed by atoms with E-state index in [2.05, 4.69) is 69.4 Å². The predicted molar refractivity (Wildman–Crippen MR) is 134 cm³/mol. The molecule has 0 radical (unpaired) electrons. The maximum atomic E-state index is 5.69. The fraction of sp³-hybridized carbons (Fsp3) is 0.720. The van der Waals surface area contributed by atoms with Gasteiger partial charge in [-0.2, -0.15) is 0 Å². The van der Waals surface area contributed by atoms with E-state index in [9.17, 15) is 0 Å². The maximum absolute atomic E-state index is 5.69. The number of ether oxygens (including phenoxy) is 1. The van der Waals surface area contributed by atoms with Crippen molar-refractivity contribution in [3.8, 4) is 5.75 Å². The molecule has 2 atom stereocenters. The Morgan fingerprint density at radius 2 is 1.62 bits per heavy atom. The summed E-state index contributed by atoms with van der Waals surface area (Å²) in [7, 11) is 5.84. The van der Waals surface area contributed by atoms with E-state index in [0.717, 1.165) is 64.1 Å². The Bertz CT molecular complexity index is 710. The molecular weight excluding hydrogens is 400 g/mol. The first-order valence-corrected chi connectivity index (χ1v) is 12.3. The summed E-state index contributed by atoms with van der Waals surface area (Å²) >= 11 is 0. The second-order valence-electron chi connectivity index (χ2n) is 9.49. The summed E-state index contributed by atoms with van der Waals surface area (Å²) in [5.74, 6) is 2.43. The molecule has 0 bridgehead atoms. The number of methoxy groups -OCH3 is 1. The first kappa shape index (κ1) is 24.8. The van der Waals surface area contributed by atoms with E-state index in [1.54, 1.807) is 7.11 Å². The molecule has 2 fully saturated rings. The lowest BCUT2D eigenvalue weighted by Crippen LogP contribution is -2.55. The molecule has 1 aromatic carbocycles. The molecule has 2 aliphatic heterocycles. The summed E-state index contributed by atoms with van der Waals surface area (Å²) in [6.45, 7) is 13.2. The van der Waals surface area contributed by atoms with Gasteiger partial charge in [-0.05, 0) is 45.0 Å². The minimum Gasteiger partial charge on any atom is -0.496 e. The molecule has 0 spiro atoms. The second-order valence-corrected chi connectivity index (χ2v) is 9.49. The highest BCUT2D eigenvalue weighted by Crippen LogP contribution is 2.31. The van der Waals surface area contributed by atoms with Crippen LogP contribution in [-0.4, -0.2) is 100 Å². The Labute approximate surface area is 195 Å². The minimum absolute atomic E-state index is 0.269. The average Bonchev–Trinajstić information content (AvgIpc) is 3.34. The van der Waals surface area contributed by atoms with Gasteiger partial charge in [0, 0.05) is 57.9 Å². The van der Waals surface area contributed by atoms with E-state index in [4.69, 9.17) is 4.74 Å². The number of hydrogen-bond acceptors (Lipinski definition) is 5. The van der Waals surface area contributed by atoms with Crippen LogP contribution in [0.2, 0.25) is 0 Å². The van der Waals surface area contributed by atoms with Crippen molar-refractivity contribution in [1.82, 2.24) is 25.3 Å². The number of piperazine rings is 1. The monoisotopic (exact) mass is 444 g/mol. The third-order valence-electron chi connectivity index (χ3n) is 7.02. The highest BCUT2D eigenvalue weighted by Gasteiger charge is 2.27. The molecule has 0 amide bonds. The number of benzene rings is 1. The molecule has 7 nitrogen and oxygen atoms in total. The molecule has 32 heavy (non-hydrogen) atoms. The number of para-hydroxylation sites is 1. The molecule has 2 N–H and O–H groups in total. The summed E-state index contributed by atoms with van der Waals surface area (Å²) in [6.07, 6.45) is 2.53. The number of hydrogen-bond donors (Lipinski definition) is 2. The molecule has 2 saturated heterocycles. The summed E-state index contributed by atoms with van der Waals surface area (Å²) < 4.78 is 5.69. The zero-order chi connectivity index (χ0) is 22.9. The first-order chi connectivity index (χ1) is 15.5. The average molecular weight is 445 g/mol. The van der Waals surface area contributed by atoms with Crippen LogP contribution in [0.5, 0.6) is 5.75 Å². The SMILES string of the molecule is CN=C(NCC(c1ccccc1OC)N1CCCC1)NCC(C(C)C)N1CCN(C)CC1. The Hall–Kier alpha value is -1.83. The molecule has 2 unspecified atom stereocenters. The molecule has 2 aliphatic rings. The smallest absolute Gasteiger partial charge is 0.191 e. The normalized spacial score (nSPS) is 21.0. The molecule has 3 rings (SSSR count). The van der Waals surface area contributed by atoms with Gasteiger partial charge in [-0.3, -0.25) is 14.8 Å². The van der Waals surface area contributed by atoms with Crippen molar-refractivity contribution in [2.75, 3.05) is 73.6 Å². The van der Waals surface area contributed by atoms with Crippen LogP contribution in [0.25, 0.3) is 0 Å². The van der Waals surface area contributed by atoms with Gasteiger partial charge in [-0.1, -0.05) is 32.0 Å². The lowest BCUT2D eigenvalue weighted by molar-refractivity contribution is 0.0899. The Morgan fingerprint density at radius 3 is 2.25 bits per heavy atom. The molecule has 180 valence electrons. The van der Waals surface area contributed by atoms with E-state index in [0.29, 0.717) is 12.0 Å². The lowest BCUT2D eigenvalue weighted by atomic mass is 10.0. The lowest BCUT2D eigenvalue weighted by Gasteiger charge is -2.40. The molecule has 7 heteroatoms. The van der Waals surface area contributed by atoms with Crippen molar-refractivity contribution in [3.63, 3.8) is 0 Å². The minimum atomic E-state index is 0.269. The number of likely N-dealkylation sites (tertiary alicyclic amines) is 1. The van der Waals surface area contributed by atoms with Crippen LogP contribution in [0.1, 0.15) is 38.3 Å². The fourth-order valence-corrected chi connectivity index (χ4v) is 4.99. The summed E-state index contributed by atoms with van der Waals surface area (Å²) in [4.78, 5) is 12.1. The Morgan fingerprint density at radius 1 is 0.969 bits per heavy atom. The van der Waals surface area contributed by atoms with E-state index in [-0.39, 0.29) is 6.04 Å². The van der Waals surface area contributed by atoms with Crippen molar-refractivity contribution in [3.05, 3.63) is 29.8 Å². The van der Waals surface area contributed by atoms with E-state index < -0.39 is 0 Å². The summed E-state index contributed by atoms with van der Waals surface area (Å²) in [6, 6.07) is 9.19. The van der Waals surface area contributed by atoms with E-state index >= 15 is 0 Å². The van der Waals surface area contributed by atoms with Gasteiger partial charge < -0.3 is 20.3 Å². The maximum Gasteiger partial charge on any atom is 0.191 e. The van der Waals surface area contributed by atoms with E-state index in [1.165, 1.54) is 18.4 Å². The molecule has 0 saturated carbocycles. The highest BCUT2D eigenvalue weighted by molar-refractivity contribution is 5.79. The van der Waals surface area contributed by atoms with Crippen LogP contribution in [0.15, 0.2) is 29.3 Å². The molecular formula is C25H44N6O. The van der Waals surface area contributed by atoms with Crippen molar-refractivity contribution in [1.29, 1.82) is 0 Å². The van der Waals surface area contributed by atoms with Gasteiger partial charge in [0.05, 0.1) is 13.2 Å². The topological polar surface area (TPSA) is 55.4 Å². The van der Waals surface area contributed by atoms with Gasteiger partial charge in [0.25, 0.3) is 0 Å². The van der Waals surface area contributed by atoms with E-state index in [1.807, 2.05) is 13.1 Å². The van der Waals surface area contributed by atoms with Crippen LogP contribution < -0.4 is 15.4 Å². The molecule has 0 aliphatic carbocycles. The second kappa shape index (κ2) is 12.4. The third kappa shape index (κ3) is 6.59. The van der Waals surface area contributed by atoms with Gasteiger partial charge in [0.15, 0.2) is 5.96 Å². The van der Waals surface area contributed by atoms with Crippen LogP contribution >= 0.6 is 0 Å². The van der Waals surface area contributed by atoms with Crippen molar-refractivity contribution >= 4 is 5.96 Å². The van der Waals surface area contributed by atoms with Crippen molar-refractivity contribution < 1.29 is 4.74 Å². The Kier molecular flexibility index (Phi) is 9.63. The number of aliphatic imine (C=N–C) groups is 1. The van der Waals surface area contributed by atoms with Gasteiger partial charge in [-0.15, -0.1) is 0 Å². The van der Waals surface area contributed by atoms with Gasteiger partial charge >= 0.3 is 0 Å². The third-order valence-corrected chi connectivity index (χ3v) is 7.02. The van der Waals surface area contributed by atoms with Gasteiger partial charge in [0.1, 0.15) is 5.75 Å². The number of rotatable bonds is 9. The first-order valence-electron chi connectivity index (χ1n) is 12.3. The zero-order valence-corrected chi connectivity index (χ0v) is 20.8. The summed E-state index contributed by atoms with van der Waals surface area (Å²) in [5, 5.41) is 7.23. The van der Waals surface area contributed by atoms with Crippen LogP contribution in [0.3, 0.4) is 0 Å². The number of nitrogens with one attached hydrogen (secondary N) is 2. The number of likely N-dealkylation sites (N-methyl/N-ethyl adjacent to an activating group) is 1. The van der Waals surface area contributed by atoms with Crippen molar-refractivity contribution in [2.24, 2.45) is 10.9 Å². The van der Waals surface area contributed by atoms with Gasteiger partial charge in [0.2, 0.25) is 0 Å². The largest absolute Gasteiger partial charge is 0.496 e. The summed E-state index contributed by atoms with van der Waals surface area (Å²) in [5.41, 5.74) is 1.25. The van der Waals surface area contributed by atoms with Crippen LogP contribution in [0, 0.1) is 5.92 Å². The fourth-order valence-electron chi connectivity index (χ4n) is 4.99.